The first-order valence-corrected chi connectivity index (χ1v) is 7.89. The number of pyridine rings is 1. The van der Waals surface area contributed by atoms with Crippen LogP contribution in [-0.4, -0.2) is 17.0 Å². The molecule has 6 heteroatoms. The Morgan fingerprint density at radius 3 is 2.83 bits per heavy atom. The molecule has 0 saturated heterocycles. The van der Waals surface area contributed by atoms with Crippen molar-refractivity contribution in [1.82, 2.24) is 9.97 Å². The number of rotatable bonds is 3. The number of thiazole rings is 1. The molecule has 0 fully saturated rings. The maximum atomic E-state index is 11.7. The monoisotopic (exact) mass is 322 g/mol. The van der Waals surface area contributed by atoms with Crippen LogP contribution in [0.15, 0.2) is 40.5 Å². The summed E-state index contributed by atoms with van der Waals surface area (Å²) < 4.78 is 0. The van der Waals surface area contributed by atoms with Crippen LogP contribution in [0.1, 0.15) is 11.3 Å². The number of aromatic amines is 1. The van der Waals surface area contributed by atoms with Gasteiger partial charge in [-0.15, -0.1) is 11.3 Å². The third-order valence-electron chi connectivity index (χ3n) is 3.57. The Labute approximate surface area is 137 Å². The number of nitrogens with one attached hydrogen (secondary N) is 2. The number of hydrogen-bond acceptors (Lipinski definition) is 5. The van der Waals surface area contributed by atoms with Gasteiger partial charge in [-0.1, -0.05) is 12.1 Å². The topological polar surface area (TPSA) is 81.6 Å². The first kappa shape index (κ1) is 15.0. The van der Waals surface area contributed by atoms with E-state index in [-0.39, 0.29) is 11.1 Å². The van der Waals surface area contributed by atoms with Crippen molar-refractivity contribution in [3.8, 4) is 27.9 Å². The van der Waals surface area contributed by atoms with Crippen molar-refractivity contribution >= 4 is 17.0 Å². The van der Waals surface area contributed by atoms with Crippen LogP contribution in [0.25, 0.3) is 21.8 Å². The number of hydrogen-bond donors (Lipinski definition) is 2. The minimum atomic E-state index is -0.371. The summed E-state index contributed by atoms with van der Waals surface area (Å²) in [7, 11) is 1.87. The highest BCUT2D eigenvalue weighted by atomic mass is 32.1. The van der Waals surface area contributed by atoms with E-state index in [1.807, 2.05) is 42.8 Å². The minimum absolute atomic E-state index is 0.0933. The summed E-state index contributed by atoms with van der Waals surface area (Å²) in [6, 6.07) is 11.4. The highest BCUT2D eigenvalue weighted by molar-refractivity contribution is 7.13. The molecule has 5 nitrogen and oxygen atoms in total. The predicted octanol–water partition coefficient (Wildman–Crippen LogP) is 3.39. The maximum Gasteiger partial charge on any atom is 0.266 e. The fourth-order valence-electron chi connectivity index (χ4n) is 2.38. The number of nitriles is 1. The van der Waals surface area contributed by atoms with E-state index in [9.17, 15) is 4.79 Å². The van der Waals surface area contributed by atoms with E-state index in [2.05, 4.69) is 15.3 Å². The minimum Gasteiger partial charge on any atom is -0.388 e. The molecule has 1 aromatic carbocycles. The van der Waals surface area contributed by atoms with Gasteiger partial charge in [0.15, 0.2) is 0 Å². The van der Waals surface area contributed by atoms with E-state index in [4.69, 9.17) is 5.26 Å². The van der Waals surface area contributed by atoms with Gasteiger partial charge >= 0.3 is 0 Å². The molecular weight excluding hydrogens is 308 g/mol. The molecule has 0 atom stereocenters. The average molecular weight is 322 g/mol. The summed E-state index contributed by atoms with van der Waals surface area (Å²) in [6.45, 7) is 1.80. The van der Waals surface area contributed by atoms with Gasteiger partial charge in [0.2, 0.25) is 0 Å². The van der Waals surface area contributed by atoms with Crippen molar-refractivity contribution in [2.45, 2.75) is 6.92 Å². The molecule has 3 aromatic rings. The quantitative estimate of drug-likeness (QED) is 0.774. The average Bonchev–Trinajstić information content (AvgIpc) is 3.04. The lowest BCUT2D eigenvalue weighted by atomic mass is 10.1. The molecule has 2 aromatic heterocycles. The fourth-order valence-corrected chi connectivity index (χ4v) is 3.24. The molecule has 0 aliphatic rings. The zero-order chi connectivity index (χ0) is 16.4. The molecular formula is C17H14N4OS. The van der Waals surface area contributed by atoms with E-state index in [1.54, 1.807) is 13.0 Å². The van der Waals surface area contributed by atoms with Crippen molar-refractivity contribution in [3.05, 3.63) is 57.3 Å². The molecule has 0 spiro atoms. The van der Waals surface area contributed by atoms with Gasteiger partial charge in [0, 0.05) is 34.9 Å². The third-order valence-corrected chi connectivity index (χ3v) is 4.44. The lowest BCUT2D eigenvalue weighted by Crippen LogP contribution is -2.11. The van der Waals surface area contributed by atoms with Crippen LogP contribution in [0.5, 0.6) is 0 Å². The second-order valence-corrected chi connectivity index (χ2v) is 5.85. The Bertz CT molecular complexity index is 965. The summed E-state index contributed by atoms with van der Waals surface area (Å²) in [4.78, 5) is 19.0. The summed E-state index contributed by atoms with van der Waals surface area (Å²) >= 11 is 1.53. The molecule has 0 amide bonds. The number of aryl methyl sites for hydroxylation is 1. The first-order valence-electron chi connectivity index (χ1n) is 7.01. The van der Waals surface area contributed by atoms with Crippen LogP contribution in [0.3, 0.4) is 0 Å². The van der Waals surface area contributed by atoms with Crippen LogP contribution >= 0.6 is 11.3 Å². The van der Waals surface area contributed by atoms with Gasteiger partial charge in [-0.05, 0) is 25.1 Å². The molecule has 0 unspecified atom stereocenters. The van der Waals surface area contributed by atoms with E-state index in [0.717, 1.165) is 27.5 Å². The Hall–Kier alpha value is -2.91. The predicted molar refractivity (Wildman–Crippen MR) is 92.6 cm³/mol. The van der Waals surface area contributed by atoms with Gasteiger partial charge in [0.1, 0.15) is 16.6 Å². The van der Waals surface area contributed by atoms with Gasteiger partial charge in [-0.2, -0.15) is 5.26 Å². The zero-order valence-electron chi connectivity index (χ0n) is 12.7. The molecule has 0 aliphatic carbocycles. The van der Waals surface area contributed by atoms with Crippen molar-refractivity contribution in [2.75, 3.05) is 12.4 Å². The van der Waals surface area contributed by atoms with Crippen molar-refractivity contribution in [2.24, 2.45) is 0 Å². The van der Waals surface area contributed by atoms with Crippen molar-refractivity contribution in [3.63, 3.8) is 0 Å². The lowest BCUT2D eigenvalue weighted by molar-refractivity contribution is 1.13. The molecule has 0 aliphatic heterocycles. The summed E-state index contributed by atoms with van der Waals surface area (Å²) in [6.07, 6.45) is 0. The molecule has 0 radical (unpaired) electrons. The molecule has 0 saturated carbocycles. The molecule has 2 N–H and O–H groups in total. The maximum absolute atomic E-state index is 11.7. The Morgan fingerprint density at radius 2 is 2.09 bits per heavy atom. The van der Waals surface area contributed by atoms with Crippen LogP contribution < -0.4 is 10.9 Å². The molecule has 23 heavy (non-hydrogen) atoms. The van der Waals surface area contributed by atoms with Crippen LogP contribution in [0.2, 0.25) is 0 Å². The normalized spacial score (nSPS) is 10.3. The van der Waals surface area contributed by atoms with Crippen molar-refractivity contribution in [1.29, 1.82) is 5.26 Å². The molecule has 3 rings (SSSR count). The Balaban J connectivity index is 2.10. The van der Waals surface area contributed by atoms with Crippen LogP contribution in [0, 0.1) is 18.3 Å². The second-order valence-electron chi connectivity index (χ2n) is 5.00. The number of H-pyrrole nitrogens is 1. The van der Waals surface area contributed by atoms with Gasteiger partial charge in [0.25, 0.3) is 5.56 Å². The fraction of sp³-hybridized carbons (Fsp3) is 0.118. The van der Waals surface area contributed by atoms with Gasteiger partial charge in [-0.25, -0.2) is 4.98 Å². The van der Waals surface area contributed by atoms with Crippen molar-refractivity contribution < 1.29 is 0 Å². The van der Waals surface area contributed by atoms with E-state index >= 15 is 0 Å². The van der Waals surface area contributed by atoms with E-state index < -0.39 is 0 Å². The van der Waals surface area contributed by atoms with Crippen LogP contribution in [0.4, 0.5) is 5.69 Å². The summed E-state index contributed by atoms with van der Waals surface area (Å²) in [5.74, 6) is 0. The van der Waals surface area contributed by atoms with Gasteiger partial charge in [0.05, 0.1) is 5.69 Å². The highest BCUT2D eigenvalue weighted by Crippen LogP contribution is 2.33. The number of anilines is 1. The zero-order valence-corrected chi connectivity index (χ0v) is 13.5. The van der Waals surface area contributed by atoms with Gasteiger partial charge in [-0.3, -0.25) is 4.79 Å². The number of benzene rings is 1. The Kier molecular flexibility index (Phi) is 3.96. The standard InChI is InChI=1S/C17H14N4OS/c1-10-13(7-11(8-18)16(22)20-10)15-9-23-17(21-15)12-5-3-4-6-14(12)19-2/h3-7,9,19H,1-2H3,(H,20,22). The summed E-state index contributed by atoms with van der Waals surface area (Å²) in [5.41, 5.74) is 3.97. The number of aromatic nitrogens is 2. The number of para-hydroxylation sites is 1. The van der Waals surface area contributed by atoms with E-state index in [1.165, 1.54) is 11.3 Å². The first-order chi connectivity index (χ1) is 11.1. The lowest BCUT2D eigenvalue weighted by Gasteiger charge is -2.06. The Morgan fingerprint density at radius 1 is 1.30 bits per heavy atom. The van der Waals surface area contributed by atoms with Gasteiger partial charge < -0.3 is 10.3 Å². The molecule has 114 valence electrons. The summed E-state index contributed by atoms with van der Waals surface area (Å²) in [5, 5.41) is 15.0. The molecule has 2 heterocycles. The largest absolute Gasteiger partial charge is 0.388 e. The smallest absolute Gasteiger partial charge is 0.266 e. The highest BCUT2D eigenvalue weighted by Gasteiger charge is 2.13. The van der Waals surface area contributed by atoms with E-state index in [0.29, 0.717) is 5.69 Å². The second kappa shape index (κ2) is 6.07. The third kappa shape index (κ3) is 2.74. The SMILES string of the molecule is CNc1ccccc1-c1nc(-c2cc(C#N)c(=O)[nH]c2C)cs1. The number of nitrogens with zero attached hydrogens (tertiary/aromatic N) is 2. The van der Waals surface area contributed by atoms with Crippen LogP contribution in [-0.2, 0) is 0 Å². The molecule has 0 bridgehead atoms.